The van der Waals surface area contributed by atoms with Gasteiger partial charge in [-0.15, -0.1) is 0 Å². The molecule has 3 heterocycles. The molecule has 176 valence electrons. The van der Waals surface area contributed by atoms with Crippen molar-refractivity contribution in [3.05, 3.63) is 48.0 Å². The lowest BCUT2D eigenvalue weighted by molar-refractivity contribution is -0.118. The van der Waals surface area contributed by atoms with Crippen molar-refractivity contribution < 1.29 is 14.3 Å². The average Bonchev–Trinajstić information content (AvgIpc) is 3.27. The summed E-state index contributed by atoms with van der Waals surface area (Å²) in [6, 6.07) is 15.2. The quantitative estimate of drug-likeness (QED) is 0.587. The summed E-state index contributed by atoms with van der Waals surface area (Å²) in [6.07, 6.45) is 4.96. The lowest BCUT2D eigenvalue weighted by Gasteiger charge is -2.31. The highest BCUT2D eigenvalue weighted by Crippen LogP contribution is 2.37. The number of rotatable bonds is 7. The number of anilines is 3. The number of amides is 1. The number of ether oxygens (including phenoxy) is 2. The van der Waals surface area contributed by atoms with Gasteiger partial charge in [0.15, 0.2) is 0 Å². The summed E-state index contributed by atoms with van der Waals surface area (Å²) in [5.41, 5.74) is 4.26. The fourth-order valence-corrected chi connectivity index (χ4v) is 5.26. The zero-order chi connectivity index (χ0) is 22.6. The summed E-state index contributed by atoms with van der Waals surface area (Å²) in [4.78, 5) is 19.6. The molecule has 5 rings (SSSR count). The predicted octanol–water partition coefficient (Wildman–Crippen LogP) is 4.39. The van der Waals surface area contributed by atoms with Crippen LogP contribution in [0, 0.1) is 0 Å². The van der Waals surface area contributed by atoms with Crippen molar-refractivity contribution >= 4 is 23.0 Å². The van der Waals surface area contributed by atoms with E-state index in [0.717, 1.165) is 69.4 Å². The Balaban J connectivity index is 1.24. The number of nitrogens with zero attached hydrogens (tertiary/aromatic N) is 3. The number of hydrogen-bond acceptors (Lipinski definition) is 5. The van der Waals surface area contributed by atoms with Crippen molar-refractivity contribution in [2.75, 3.05) is 55.8 Å². The van der Waals surface area contributed by atoms with Crippen LogP contribution in [0.1, 0.15) is 38.2 Å². The number of fused-ring (bicyclic) bond motifs is 1. The molecular weight excluding hydrogens is 414 g/mol. The number of carbonyl (C=O) groups excluding carboxylic acids is 1. The van der Waals surface area contributed by atoms with Gasteiger partial charge in [-0.05, 0) is 87.2 Å². The fourth-order valence-electron chi connectivity index (χ4n) is 5.26. The van der Waals surface area contributed by atoms with E-state index in [0.29, 0.717) is 12.5 Å². The molecule has 0 bridgehead atoms. The van der Waals surface area contributed by atoms with Crippen molar-refractivity contribution in [1.82, 2.24) is 4.90 Å². The second kappa shape index (κ2) is 10.1. The van der Waals surface area contributed by atoms with Gasteiger partial charge >= 0.3 is 0 Å². The Bertz CT molecular complexity index is 956. The van der Waals surface area contributed by atoms with E-state index in [1.54, 1.807) is 0 Å². The van der Waals surface area contributed by atoms with E-state index in [-0.39, 0.29) is 5.91 Å². The highest BCUT2D eigenvalue weighted by molar-refractivity contribution is 6.03. The van der Waals surface area contributed by atoms with Gasteiger partial charge in [-0.3, -0.25) is 9.69 Å². The molecule has 6 heteroatoms. The number of carbonyl (C=O) groups is 1. The molecule has 0 unspecified atom stereocenters. The van der Waals surface area contributed by atoms with Gasteiger partial charge in [0.05, 0.1) is 25.5 Å². The largest absolute Gasteiger partial charge is 0.494 e. The maximum absolute atomic E-state index is 12.9. The topological polar surface area (TPSA) is 45.2 Å². The van der Waals surface area contributed by atoms with Crippen LogP contribution in [0.15, 0.2) is 42.5 Å². The number of hydrogen-bond donors (Lipinski definition) is 0. The molecule has 3 aliphatic rings. The lowest BCUT2D eigenvalue weighted by Crippen LogP contribution is -2.36. The maximum atomic E-state index is 12.9. The third-order valence-corrected chi connectivity index (χ3v) is 7.18. The Morgan fingerprint density at radius 1 is 1.00 bits per heavy atom. The van der Waals surface area contributed by atoms with E-state index >= 15 is 0 Å². The minimum Gasteiger partial charge on any atom is -0.494 e. The normalized spacial score (nSPS) is 21.4. The molecule has 2 saturated heterocycles. The second-order valence-electron chi connectivity index (χ2n) is 9.36. The molecule has 2 fully saturated rings. The average molecular weight is 450 g/mol. The van der Waals surface area contributed by atoms with E-state index in [1.165, 1.54) is 30.6 Å². The first-order chi connectivity index (χ1) is 16.2. The predicted molar refractivity (Wildman–Crippen MR) is 132 cm³/mol. The lowest BCUT2D eigenvalue weighted by atomic mass is 10.00. The van der Waals surface area contributed by atoms with E-state index in [2.05, 4.69) is 47.1 Å². The van der Waals surface area contributed by atoms with Crippen LogP contribution >= 0.6 is 0 Å². The molecule has 33 heavy (non-hydrogen) atoms. The van der Waals surface area contributed by atoms with Crippen LogP contribution in [-0.2, 0) is 16.0 Å². The molecule has 1 atom stereocenters. The van der Waals surface area contributed by atoms with Crippen LogP contribution in [0.25, 0.3) is 0 Å². The molecule has 1 amide bonds. The minimum absolute atomic E-state index is 0.148. The smallest absolute Gasteiger partial charge is 0.231 e. The van der Waals surface area contributed by atoms with Gasteiger partial charge in [0.1, 0.15) is 5.75 Å². The van der Waals surface area contributed by atoms with Crippen LogP contribution in [0.4, 0.5) is 17.1 Å². The summed E-state index contributed by atoms with van der Waals surface area (Å²) < 4.78 is 11.5. The molecule has 3 aliphatic heterocycles. The third kappa shape index (κ3) is 5.02. The summed E-state index contributed by atoms with van der Waals surface area (Å²) in [5, 5.41) is 0. The Kier molecular flexibility index (Phi) is 6.83. The van der Waals surface area contributed by atoms with Crippen molar-refractivity contribution in [3.63, 3.8) is 0 Å². The van der Waals surface area contributed by atoms with Crippen LogP contribution in [0.3, 0.4) is 0 Å². The number of benzene rings is 2. The van der Waals surface area contributed by atoms with Crippen LogP contribution in [0.2, 0.25) is 0 Å². The molecule has 2 aromatic carbocycles. The standard InChI is InChI=1S/C27H35N3O3/c1-21-4-2-13-28(21)14-3-17-33-25-10-11-26-22(20-25)5-12-27(31)30(26)24-8-6-23(7-9-24)29-15-18-32-19-16-29/h6-11,20-21H,2-5,12-19H2,1H3/t21-/m1/s1. The Labute approximate surface area is 197 Å². The van der Waals surface area contributed by atoms with Gasteiger partial charge in [-0.25, -0.2) is 0 Å². The highest BCUT2D eigenvalue weighted by Gasteiger charge is 2.26. The van der Waals surface area contributed by atoms with E-state index in [4.69, 9.17) is 9.47 Å². The van der Waals surface area contributed by atoms with Crippen molar-refractivity contribution in [1.29, 1.82) is 0 Å². The third-order valence-electron chi connectivity index (χ3n) is 7.18. The fraction of sp³-hybridized carbons (Fsp3) is 0.519. The van der Waals surface area contributed by atoms with Crippen molar-refractivity contribution in [3.8, 4) is 5.75 Å². The molecule has 0 radical (unpaired) electrons. The van der Waals surface area contributed by atoms with Crippen LogP contribution in [0.5, 0.6) is 5.75 Å². The number of aryl methyl sites for hydroxylation is 1. The second-order valence-corrected chi connectivity index (χ2v) is 9.36. The summed E-state index contributed by atoms with van der Waals surface area (Å²) in [6.45, 7) is 8.72. The number of morpholine rings is 1. The van der Waals surface area contributed by atoms with Gasteiger partial charge in [-0.2, -0.15) is 0 Å². The van der Waals surface area contributed by atoms with Gasteiger partial charge in [0.25, 0.3) is 0 Å². The van der Waals surface area contributed by atoms with Crippen molar-refractivity contribution in [2.45, 2.75) is 45.1 Å². The molecule has 0 N–H and O–H groups in total. The zero-order valence-corrected chi connectivity index (χ0v) is 19.7. The van der Waals surface area contributed by atoms with Crippen LogP contribution in [-0.4, -0.2) is 62.8 Å². The first kappa shape index (κ1) is 22.2. The minimum atomic E-state index is 0.148. The summed E-state index contributed by atoms with van der Waals surface area (Å²) in [7, 11) is 0. The van der Waals surface area contributed by atoms with Gasteiger partial charge < -0.3 is 19.3 Å². The first-order valence-corrected chi connectivity index (χ1v) is 12.4. The maximum Gasteiger partial charge on any atom is 0.231 e. The van der Waals surface area contributed by atoms with E-state index < -0.39 is 0 Å². The molecule has 0 aromatic heterocycles. The summed E-state index contributed by atoms with van der Waals surface area (Å²) >= 11 is 0. The van der Waals surface area contributed by atoms with Gasteiger partial charge in [0, 0.05) is 43.5 Å². The van der Waals surface area contributed by atoms with E-state index in [1.807, 2.05) is 17.0 Å². The molecule has 0 saturated carbocycles. The molecular formula is C27H35N3O3. The monoisotopic (exact) mass is 449 g/mol. The first-order valence-electron chi connectivity index (χ1n) is 12.4. The van der Waals surface area contributed by atoms with Crippen molar-refractivity contribution in [2.24, 2.45) is 0 Å². The molecule has 0 spiro atoms. The molecule has 0 aliphatic carbocycles. The van der Waals surface area contributed by atoms with E-state index in [9.17, 15) is 4.79 Å². The highest BCUT2D eigenvalue weighted by atomic mass is 16.5. The van der Waals surface area contributed by atoms with Gasteiger partial charge in [-0.1, -0.05) is 0 Å². The zero-order valence-electron chi connectivity index (χ0n) is 19.7. The Morgan fingerprint density at radius 3 is 2.55 bits per heavy atom. The molecule has 2 aromatic rings. The molecule has 6 nitrogen and oxygen atoms in total. The SMILES string of the molecule is C[C@@H]1CCCN1CCCOc1ccc2c(c1)CCC(=O)N2c1ccc(N2CCOCC2)cc1. The summed E-state index contributed by atoms with van der Waals surface area (Å²) in [5.74, 6) is 1.05. The van der Waals surface area contributed by atoms with Crippen LogP contribution < -0.4 is 14.5 Å². The number of likely N-dealkylation sites (tertiary alicyclic amines) is 1. The Hall–Kier alpha value is -2.57. The Morgan fingerprint density at radius 2 is 1.79 bits per heavy atom. The van der Waals surface area contributed by atoms with Gasteiger partial charge in [0.2, 0.25) is 5.91 Å².